The number of hydrogen-bond acceptors (Lipinski definition) is 5. The van der Waals surface area contributed by atoms with Crippen molar-refractivity contribution in [2.45, 2.75) is 24.7 Å². The quantitative estimate of drug-likeness (QED) is 0.856. The van der Waals surface area contributed by atoms with Gasteiger partial charge in [0.2, 0.25) is 0 Å². The molecule has 0 bridgehead atoms. The zero-order chi connectivity index (χ0) is 13.1. The van der Waals surface area contributed by atoms with Crippen LogP contribution in [-0.2, 0) is 4.74 Å². The summed E-state index contributed by atoms with van der Waals surface area (Å²) in [6.45, 7) is 0. The highest BCUT2D eigenvalue weighted by atomic mass is 16.6. The van der Waals surface area contributed by atoms with Crippen molar-refractivity contribution in [1.29, 1.82) is 0 Å². The zero-order valence-corrected chi connectivity index (χ0v) is 10.8. The molecule has 0 spiro atoms. The Morgan fingerprint density at radius 3 is 2.00 bits per heavy atom. The van der Waals surface area contributed by atoms with Crippen LogP contribution < -0.4 is 14.2 Å². The number of benzene rings is 1. The van der Waals surface area contributed by atoms with Crippen molar-refractivity contribution in [3.63, 3.8) is 0 Å². The molecule has 1 aliphatic carbocycles. The molecule has 0 heterocycles. The number of ether oxygens (including phenoxy) is 4. The Morgan fingerprint density at radius 1 is 1.00 bits per heavy atom. The van der Waals surface area contributed by atoms with Crippen LogP contribution in [0.4, 0.5) is 0 Å². The first-order valence-corrected chi connectivity index (χ1v) is 5.78. The minimum atomic E-state index is -0.451. The minimum absolute atomic E-state index is 0.137. The van der Waals surface area contributed by atoms with Crippen LogP contribution in [0.1, 0.15) is 6.42 Å². The maximum absolute atomic E-state index is 9.50. The van der Waals surface area contributed by atoms with Crippen LogP contribution in [-0.4, -0.2) is 44.7 Å². The minimum Gasteiger partial charge on any atom is -0.496 e. The van der Waals surface area contributed by atoms with E-state index in [2.05, 4.69) is 0 Å². The fourth-order valence-electron chi connectivity index (χ4n) is 2.01. The van der Waals surface area contributed by atoms with Crippen molar-refractivity contribution >= 4 is 0 Å². The van der Waals surface area contributed by atoms with Gasteiger partial charge in [-0.25, -0.2) is 0 Å². The Labute approximate surface area is 106 Å². The van der Waals surface area contributed by atoms with Gasteiger partial charge >= 0.3 is 0 Å². The summed E-state index contributed by atoms with van der Waals surface area (Å²) in [6, 6.07) is 5.33. The Bertz CT molecular complexity index is 384. The molecule has 1 aliphatic rings. The van der Waals surface area contributed by atoms with Gasteiger partial charge in [-0.3, -0.25) is 0 Å². The average molecular weight is 254 g/mol. The second-order valence-corrected chi connectivity index (χ2v) is 4.21. The second kappa shape index (κ2) is 5.46. The highest BCUT2D eigenvalue weighted by molar-refractivity contribution is 5.42. The lowest BCUT2D eigenvalue weighted by atomic mass is 9.88. The van der Waals surface area contributed by atoms with Gasteiger partial charge in [-0.05, 0) is 0 Å². The number of aliphatic hydroxyl groups is 1. The molecule has 3 unspecified atom stereocenters. The van der Waals surface area contributed by atoms with Gasteiger partial charge in [-0.1, -0.05) is 0 Å². The van der Waals surface area contributed by atoms with Gasteiger partial charge in [-0.15, -0.1) is 0 Å². The summed E-state index contributed by atoms with van der Waals surface area (Å²) in [5, 5.41) is 9.50. The summed E-state index contributed by atoms with van der Waals surface area (Å²) in [6.07, 6.45) is -0.297. The second-order valence-electron chi connectivity index (χ2n) is 4.21. The van der Waals surface area contributed by atoms with Crippen molar-refractivity contribution in [1.82, 2.24) is 0 Å². The standard InChI is InChI=1S/C13H18O5/c1-15-8-4-9(16-2)6-10(5-8)18-12-7-11(14)13(12)17-3/h4-6,11-14H,7H2,1-3H3. The van der Waals surface area contributed by atoms with E-state index in [-0.39, 0.29) is 12.2 Å². The first kappa shape index (κ1) is 13.0. The molecule has 0 aliphatic heterocycles. The normalized spacial score (nSPS) is 26.3. The van der Waals surface area contributed by atoms with E-state index in [4.69, 9.17) is 18.9 Å². The van der Waals surface area contributed by atoms with E-state index in [1.807, 2.05) is 0 Å². The van der Waals surface area contributed by atoms with Crippen LogP contribution in [0.25, 0.3) is 0 Å². The highest BCUT2D eigenvalue weighted by Gasteiger charge is 2.42. The fourth-order valence-corrected chi connectivity index (χ4v) is 2.01. The van der Waals surface area contributed by atoms with Crippen molar-refractivity contribution in [3.8, 4) is 17.2 Å². The molecule has 0 saturated heterocycles. The van der Waals surface area contributed by atoms with Gasteiger partial charge in [0.15, 0.2) is 0 Å². The van der Waals surface area contributed by atoms with E-state index in [9.17, 15) is 5.11 Å². The summed E-state index contributed by atoms with van der Waals surface area (Å²) < 4.78 is 21.3. The molecule has 3 atom stereocenters. The van der Waals surface area contributed by atoms with Crippen molar-refractivity contribution in [2.75, 3.05) is 21.3 Å². The van der Waals surface area contributed by atoms with Gasteiger partial charge in [0.1, 0.15) is 29.5 Å². The molecule has 0 aromatic heterocycles. The van der Waals surface area contributed by atoms with Crippen LogP contribution in [0, 0.1) is 0 Å². The van der Waals surface area contributed by atoms with Gasteiger partial charge < -0.3 is 24.1 Å². The summed E-state index contributed by atoms with van der Waals surface area (Å²) in [4.78, 5) is 0. The molecule has 1 aromatic carbocycles. The lowest BCUT2D eigenvalue weighted by Crippen LogP contribution is -2.54. The summed E-state index contributed by atoms with van der Waals surface area (Å²) in [5.74, 6) is 1.97. The Morgan fingerprint density at radius 2 is 1.56 bits per heavy atom. The molecule has 1 aromatic rings. The third-order valence-electron chi connectivity index (χ3n) is 3.10. The van der Waals surface area contributed by atoms with Gasteiger partial charge in [0.25, 0.3) is 0 Å². The molecular formula is C13H18O5. The molecule has 100 valence electrons. The molecule has 1 saturated carbocycles. The average Bonchev–Trinajstić information content (AvgIpc) is 2.38. The van der Waals surface area contributed by atoms with Crippen LogP contribution in [0.15, 0.2) is 18.2 Å². The first-order valence-electron chi connectivity index (χ1n) is 5.78. The largest absolute Gasteiger partial charge is 0.496 e. The third kappa shape index (κ3) is 2.52. The number of rotatable bonds is 5. The van der Waals surface area contributed by atoms with Crippen molar-refractivity contribution in [3.05, 3.63) is 18.2 Å². The lowest BCUT2D eigenvalue weighted by Gasteiger charge is -2.40. The van der Waals surface area contributed by atoms with Crippen molar-refractivity contribution in [2.24, 2.45) is 0 Å². The molecule has 5 heteroatoms. The maximum Gasteiger partial charge on any atom is 0.130 e. The first-order chi connectivity index (χ1) is 8.67. The van der Waals surface area contributed by atoms with Gasteiger partial charge in [0.05, 0.1) is 20.3 Å². The summed E-state index contributed by atoms with van der Waals surface area (Å²) in [5.41, 5.74) is 0. The Hall–Kier alpha value is -1.46. The zero-order valence-electron chi connectivity index (χ0n) is 10.8. The maximum atomic E-state index is 9.50. The van der Waals surface area contributed by atoms with Gasteiger partial charge in [-0.2, -0.15) is 0 Å². The molecular weight excluding hydrogens is 236 g/mol. The lowest BCUT2D eigenvalue weighted by molar-refractivity contribution is -0.149. The molecule has 0 amide bonds. The van der Waals surface area contributed by atoms with Gasteiger partial charge in [0, 0.05) is 31.7 Å². The highest BCUT2D eigenvalue weighted by Crippen LogP contribution is 2.32. The number of hydrogen-bond donors (Lipinski definition) is 1. The topological polar surface area (TPSA) is 57.2 Å². The van der Waals surface area contributed by atoms with E-state index in [0.29, 0.717) is 23.7 Å². The molecule has 5 nitrogen and oxygen atoms in total. The fraction of sp³-hybridized carbons (Fsp3) is 0.538. The Kier molecular flexibility index (Phi) is 3.93. The van der Waals surface area contributed by atoms with E-state index >= 15 is 0 Å². The smallest absolute Gasteiger partial charge is 0.130 e. The monoisotopic (exact) mass is 254 g/mol. The van der Waals surface area contributed by atoms with Crippen LogP contribution in [0.2, 0.25) is 0 Å². The predicted octanol–water partition coefficient (Wildman–Crippen LogP) is 1.23. The number of methoxy groups -OCH3 is 3. The Balaban J connectivity index is 2.09. The van der Waals surface area contributed by atoms with E-state index in [1.54, 1.807) is 39.5 Å². The summed E-state index contributed by atoms with van der Waals surface area (Å²) >= 11 is 0. The van der Waals surface area contributed by atoms with E-state index < -0.39 is 6.10 Å². The van der Waals surface area contributed by atoms with Crippen LogP contribution >= 0.6 is 0 Å². The molecule has 1 N–H and O–H groups in total. The third-order valence-corrected chi connectivity index (χ3v) is 3.10. The molecule has 1 fully saturated rings. The van der Waals surface area contributed by atoms with E-state index in [0.717, 1.165) is 0 Å². The predicted molar refractivity (Wildman–Crippen MR) is 65.4 cm³/mol. The number of aliphatic hydroxyl groups excluding tert-OH is 1. The molecule has 2 rings (SSSR count). The molecule has 18 heavy (non-hydrogen) atoms. The molecule has 0 radical (unpaired) electrons. The van der Waals surface area contributed by atoms with Crippen LogP contribution in [0.3, 0.4) is 0 Å². The van der Waals surface area contributed by atoms with Crippen LogP contribution in [0.5, 0.6) is 17.2 Å². The summed E-state index contributed by atoms with van der Waals surface area (Å²) in [7, 11) is 4.74. The van der Waals surface area contributed by atoms with Crippen molar-refractivity contribution < 1.29 is 24.1 Å². The van der Waals surface area contributed by atoms with E-state index in [1.165, 1.54) is 0 Å². The SMILES string of the molecule is COc1cc(OC)cc(OC2CC(O)C2OC)c1.